The third-order valence-electron chi connectivity index (χ3n) is 3.06. The highest BCUT2D eigenvalue weighted by Crippen LogP contribution is 2.26. The first-order chi connectivity index (χ1) is 7.84. The van der Waals surface area contributed by atoms with Crippen LogP contribution in [0.15, 0.2) is 16.9 Å². The molecule has 16 heavy (non-hydrogen) atoms. The van der Waals surface area contributed by atoms with Crippen molar-refractivity contribution in [3.8, 4) is 11.6 Å². The minimum atomic E-state index is 0.303. The highest BCUT2D eigenvalue weighted by Gasteiger charge is 2.29. The predicted octanol–water partition coefficient (Wildman–Crippen LogP) is 0.783. The summed E-state index contributed by atoms with van der Waals surface area (Å²) < 4.78 is 5.26. The first-order valence-corrected chi connectivity index (χ1v) is 5.38. The Kier molecular flexibility index (Phi) is 2.21. The molecule has 1 atom stereocenters. The molecule has 0 radical (unpaired) electrons. The Morgan fingerprint density at radius 1 is 1.50 bits per heavy atom. The second-order valence-electron chi connectivity index (χ2n) is 4.10. The third-order valence-corrected chi connectivity index (χ3v) is 3.06. The van der Waals surface area contributed by atoms with Crippen molar-refractivity contribution in [2.24, 2.45) is 5.92 Å². The second kappa shape index (κ2) is 3.71. The predicted molar refractivity (Wildman–Crippen MR) is 56.7 cm³/mol. The fourth-order valence-corrected chi connectivity index (χ4v) is 1.77. The molecule has 84 valence electrons. The highest BCUT2D eigenvalue weighted by molar-refractivity contribution is 5.40. The third kappa shape index (κ3) is 1.51. The minimum Gasteiger partial charge on any atom is -0.342 e. The van der Waals surface area contributed by atoms with Crippen LogP contribution in [0.1, 0.15) is 18.7 Å². The first kappa shape index (κ1) is 9.53. The summed E-state index contributed by atoms with van der Waals surface area (Å²) in [6, 6.07) is 0. The number of imidazole rings is 1. The van der Waals surface area contributed by atoms with Crippen LogP contribution >= 0.6 is 0 Å². The van der Waals surface area contributed by atoms with E-state index in [0.29, 0.717) is 29.4 Å². The summed E-state index contributed by atoms with van der Waals surface area (Å²) in [5.41, 5.74) is 0. The molecule has 0 spiro atoms. The molecule has 0 bridgehead atoms. The van der Waals surface area contributed by atoms with Gasteiger partial charge in [0, 0.05) is 18.3 Å². The van der Waals surface area contributed by atoms with Gasteiger partial charge in [0.25, 0.3) is 0 Å². The quantitative estimate of drug-likeness (QED) is 0.797. The van der Waals surface area contributed by atoms with Crippen LogP contribution in [0.4, 0.5) is 0 Å². The van der Waals surface area contributed by atoms with Gasteiger partial charge in [-0.15, -0.1) is 0 Å². The molecule has 0 aromatic carbocycles. The Morgan fingerprint density at radius 2 is 2.38 bits per heavy atom. The number of hydrogen-bond acceptors (Lipinski definition) is 5. The molecule has 0 amide bonds. The standard InChI is InChI=1S/C10H13N5O/c1-6(7-4-11-5-7)10-14-9(15-16-10)8-12-2-3-13-8/h2-3,6-7,11H,4-5H2,1H3,(H,12,13). The molecule has 1 saturated heterocycles. The van der Waals surface area contributed by atoms with Crippen molar-refractivity contribution < 1.29 is 4.52 Å². The van der Waals surface area contributed by atoms with Gasteiger partial charge >= 0.3 is 0 Å². The molecular formula is C10H13N5O. The highest BCUT2D eigenvalue weighted by atomic mass is 16.5. The number of H-pyrrole nitrogens is 1. The zero-order chi connectivity index (χ0) is 11.0. The monoisotopic (exact) mass is 219 g/mol. The van der Waals surface area contributed by atoms with Crippen molar-refractivity contribution in [1.82, 2.24) is 25.4 Å². The van der Waals surface area contributed by atoms with E-state index in [9.17, 15) is 0 Å². The molecule has 1 fully saturated rings. The summed E-state index contributed by atoms with van der Waals surface area (Å²) in [6.45, 7) is 4.17. The van der Waals surface area contributed by atoms with Crippen LogP contribution in [0, 0.1) is 5.92 Å². The number of hydrogen-bond donors (Lipinski definition) is 2. The van der Waals surface area contributed by atoms with E-state index in [1.54, 1.807) is 12.4 Å². The van der Waals surface area contributed by atoms with Crippen LogP contribution in [-0.2, 0) is 0 Å². The lowest BCUT2D eigenvalue weighted by atomic mass is 9.89. The molecule has 3 rings (SSSR count). The SMILES string of the molecule is CC(c1nc(-c2ncc[nH]2)no1)C1CNC1. The smallest absolute Gasteiger partial charge is 0.238 e. The van der Waals surface area contributed by atoms with Gasteiger partial charge in [0.1, 0.15) is 0 Å². The maximum absolute atomic E-state index is 5.26. The molecule has 1 aliphatic rings. The van der Waals surface area contributed by atoms with E-state index in [1.165, 1.54) is 0 Å². The molecular weight excluding hydrogens is 206 g/mol. The molecule has 2 aromatic rings. The first-order valence-electron chi connectivity index (χ1n) is 5.38. The molecule has 6 heteroatoms. The van der Waals surface area contributed by atoms with Gasteiger partial charge in [-0.1, -0.05) is 12.1 Å². The van der Waals surface area contributed by atoms with Gasteiger partial charge in [-0.3, -0.25) is 0 Å². The average molecular weight is 219 g/mol. The molecule has 2 aromatic heterocycles. The number of rotatable bonds is 3. The summed E-state index contributed by atoms with van der Waals surface area (Å²) in [7, 11) is 0. The van der Waals surface area contributed by atoms with Crippen LogP contribution < -0.4 is 5.32 Å². The van der Waals surface area contributed by atoms with E-state index in [4.69, 9.17) is 4.52 Å². The number of aromatic amines is 1. The van der Waals surface area contributed by atoms with Crippen molar-refractivity contribution in [3.63, 3.8) is 0 Å². The second-order valence-corrected chi connectivity index (χ2v) is 4.10. The number of aromatic nitrogens is 4. The summed E-state index contributed by atoms with van der Waals surface area (Å²) in [4.78, 5) is 11.4. The molecule has 0 aliphatic carbocycles. The van der Waals surface area contributed by atoms with E-state index >= 15 is 0 Å². The van der Waals surface area contributed by atoms with Crippen molar-refractivity contribution in [2.75, 3.05) is 13.1 Å². The fourth-order valence-electron chi connectivity index (χ4n) is 1.77. The summed E-state index contributed by atoms with van der Waals surface area (Å²) in [5, 5.41) is 7.16. The van der Waals surface area contributed by atoms with Gasteiger partial charge in [-0.2, -0.15) is 4.98 Å². The summed E-state index contributed by atoms with van der Waals surface area (Å²) in [5.74, 6) is 2.77. The topological polar surface area (TPSA) is 79.6 Å². The van der Waals surface area contributed by atoms with Gasteiger partial charge in [-0.05, 0) is 19.0 Å². The Morgan fingerprint density at radius 3 is 3.00 bits per heavy atom. The molecule has 0 saturated carbocycles. The van der Waals surface area contributed by atoms with E-state index in [1.807, 2.05) is 0 Å². The van der Waals surface area contributed by atoms with Gasteiger partial charge in [-0.25, -0.2) is 4.98 Å². The average Bonchev–Trinajstić information content (AvgIpc) is 2.86. The Labute approximate surface area is 92.5 Å². The van der Waals surface area contributed by atoms with Crippen LogP contribution in [0.5, 0.6) is 0 Å². The Hall–Kier alpha value is -1.69. The van der Waals surface area contributed by atoms with Crippen molar-refractivity contribution in [3.05, 3.63) is 18.3 Å². The Balaban J connectivity index is 1.82. The van der Waals surface area contributed by atoms with Gasteiger partial charge in [0.15, 0.2) is 5.82 Å². The molecule has 3 heterocycles. The zero-order valence-corrected chi connectivity index (χ0v) is 8.97. The van der Waals surface area contributed by atoms with Crippen LogP contribution in [0.2, 0.25) is 0 Å². The Bertz CT molecular complexity index is 459. The lowest BCUT2D eigenvalue weighted by Gasteiger charge is -2.30. The van der Waals surface area contributed by atoms with Crippen molar-refractivity contribution >= 4 is 0 Å². The normalized spacial score (nSPS) is 18.3. The van der Waals surface area contributed by atoms with Gasteiger partial charge in [0.2, 0.25) is 11.7 Å². The fraction of sp³-hybridized carbons (Fsp3) is 0.500. The lowest BCUT2D eigenvalue weighted by molar-refractivity contribution is 0.252. The lowest BCUT2D eigenvalue weighted by Crippen LogP contribution is -2.44. The van der Waals surface area contributed by atoms with E-state index in [-0.39, 0.29) is 0 Å². The maximum Gasteiger partial charge on any atom is 0.238 e. The zero-order valence-electron chi connectivity index (χ0n) is 8.97. The van der Waals surface area contributed by atoms with Crippen molar-refractivity contribution in [2.45, 2.75) is 12.8 Å². The largest absolute Gasteiger partial charge is 0.342 e. The minimum absolute atomic E-state index is 0.303. The maximum atomic E-state index is 5.26. The van der Waals surface area contributed by atoms with Crippen molar-refractivity contribution in [1.29, 1.82) is 0 Å². The van der Waals surface area contributed by atoms with Crippen LogP contribution in [0.25, 0.3) is 11.6 Å². The van der Waals surface area contributed by atoms with Crippen LogP contribution in [0.3, 0.4) is 0 Å². The molecule has 1 aliphatic heterocycles. The van der Waals surface area contributed by atoms with Crippen LogP contribution in [-0.4, -0.2) is 33.2 Å². The molecule has 2 N–H and O–H groups in total. The van der Waals surface area contributed by atoms with E-state index in [2.05, 4.69) is 32.3 Å². The molecule has 1 unspecified atom stereocenters. The summed E-state index contributed by atoms with van der Waals surface area (Å²) in [6.07, 6.45) is 3.41. The number of nitrogens with one attached hydrogen (secondary N) is 2. The van der Waals surface area contributed by atoms with Gasteiger partial charge < -0.3 is 14.8 Å². The molecule has 6 nitrogen and oxygen atoms in total. The number of nitrogens with zero attached hydrogens (tertiary/aromatic N) is 3. The van der Waals surface area contributed by atoms with E-state index < -0.39 is 0 Å². The van der Waals surface area contributed by atoms with Gasteiger partial charge in [0.05, 0.1) is 0 Å². The summed E-state index contributed by atoms with van der Waals surface area (Å²) >= 11 is 0. The van der Waals surface area contributed by atoms with E-state index in [0.717, 1.165) is 13.1 Å².